The largest absolute Gasteiger partial charge is 0.497 e. The van der Waals surface area contributed by atoms with Gasteiger partial charge >= 0.3 is 12.1 Å². The summed E-state index contributed by atoms with van der Waals surface area (Å²) >= 11 is 0. The van der Waals surface area contributed by atoms with Crippen molar-refractivity contribution in [1.29, 1.82) is 0 Å². The zero-order valence-corrected chi connectivity index (χ0v) is 25.8. The molecule has 2 aliphatic rings. The summed E-state index contributed by atoms with van der Waals surface area (Å²) in [4.78, 5) is 46.1. The number of carbonyl (C=O) groups is 3. The molecule has 0 bridgehead atoms. The highest BCUT2D eigenvalue weighted by molar-refractivity contribution is 5.93. The van der Waals surface area contributed by atoms with Crippen LogP contribution in [0.4, 0.5) is 4.79 Å². The van der Waals surface area contributed by atoms with E-state index in [4.69, 9.17) is 23.9 Å². The van der Waals surface area contributed by atoms with Crippen molar-refractivity contribution in [2.24, 2.45) is 11.8 Å². The van der Waals surface area contributed by atoms with E-state index in [-0.39, 0.29) is 31.4 Å². The van der Waals surface area contributed by atoms with Crippen LogP contribution in [0, 0.1) is 11.8 Å². The zero-order chi connectivity index (χ0) is 31.6. The molecule has 2 amide bonds. The Hall–Kier alpha value is -4.60. The van der Waals surface area contributed by atoms with Gasteiger partial charge in [-0.3, -0.25) is 9.69 Å². The molecule has 0 spiro atoms. The van der Waals surface area contributed by atoms with E-state index in [9.17, 15) is 14.4 Å². The molecule has 3 aromatic rings. The summed E-state index contributed by atoms with van der Waals surface area (Å²) in [5, 5.41) is 3.64. The molecule has 0 radical (unpaired) electrons. The van der Waals surface area contributed by atoms with Crippen LogP contribution in [0.15, 0.2) is 67.3 Å². The molecule has 1 aliphatic heterocycles. The van der Waals surface area contributed by atoms with Crippen molar-refractivity contribution in [1.82, 2.24) is 15.2 Å². The lowest BCUT2D eigenvalue weighted by Crippen LogP contribution is -2.48. The van der Waals surface area contributed by atoms with Crippen LogP contribution in [0.2, 0.25) is 0 Å². The number of likely N-dealkylation sites (tertiary alicyclic amines) is 1. The number of aromatic nitrogens is 1. The van der Waals surface area contributed by atoms with Gasteiger partial charge in [0.15, 0.2) is 6.23 Å². The molecule has 5 rings (SSSR count). The average molecular weight is 602 g/mol. The smallest absolute Gasteiger partial charge is 0.413 e. The molecule has 1 N–H and O–H groups in total. The zero-order valence-electron chi connectivity index (χ0n) is 25.8. The minimum absolute atomic E-state index is 0.0471. The number of esters is 1. The van der Waals surface area contributed by atoms with Crippen LogP contribution in [0.1, 0.15) is 40.5 Å². The Kier molecular flexibility index (Phi) is 8.54. The molecule has 1 saturated carbocycles. The quantitative estimate of drug-likeness (QED) is 0.253. The van der Waals surface area contributed by atoms with Gasteiger partial charge in [0.2, 0.25) is 5.91 Å². The number of ether oxygens (including phenoxy) is 4. The van der Waals surface area contributed by atoms with Crippen molar-refractivity contribution < 1.29 is 33.3 Å². The topological polar surface area (TPSA) is 116 Å². The molecule has 1 saturated heterocycles. The van der Waals surface area contributed by atoms with Crippen LogP contribution in [-0.2, 0) is 19.1 Å². The molecule has 10 heteroatoms. The molecule has 4 atom stereocenters. The van der Waals surface area contributed by atoms with Gasteiger partial charge in [-0.25, -0.2) is 14.6 Å². The number of benzene rings is 2. The number of nitrogens with zero attached hydrogens (tertiary/aromatic N) is 2. The number of amides is 2. The highest BCUT2D eigenvalue weighted by atomic mass is 16.6. The van der Waals surface area contributed by atoms with Crippen molar-refractivity contribution in [3.8, 4) is 22.8 Å². The monoisotopic (exact) mass is 601 g/mol. The van der Waals surface area contributed by atoms with Gasteiger partial charge in [-0.1, -0.05) is 36.4 Å². The minimum Gasteiger partial charge on any atom is -0.497 e. The van der Waals surface area contributed by atoms with Crippen molar-refractivity contribution in [2.75, 3.05) is 20.3 Å². The number of methoxy groups -OCH3 is 1. The number of pyridine rings is 1. The van der Waals surface area contributed by atoms with Crippen LogP contribution in [0.25, 0.3) is 22.2 Å². The van der Waals surface area contributed by atoms with Gasteiger partial charge in [-0.05, 0) is 46.2 Å². The molecule has 44 heavy (non-hydrogen) atoms. The Morgan fingerprint density at radius 1 is 1.14 bits per heavy atom. The highest BCUT2D eigenvalue weighted by Crippen LogP contribution is 2.46. The highest BCUT2D eigenvalue weighted by Gasteiger charge is 2.61. The number of fused-ring (bicyclic) bond motifs is 1. The third-order valence-electron chi connectivity index (χ3n) is 7.85. The van der Waals surface area contributed by atoms with Crippen LogP contribution in [0.5, 0.6) is 11.5 Å². The fourth-order valence-corrected chi connectivity index (χ4v) is 5.50. The second kappa shape index (κ2) is 12.2. The molecule has 2 heterocycles. The summed E-state index contributed by atoms with van der Waals surface area (Å²) in [7, 11) is 1.59. The second-order valence-electron chi connectivity index (χ2n) is 12.1. The van der Waals surface area contributed by atoms with Crippen molar-refractivity contribution in [2.45, 2.75) is 57.9 Å². The summed E-state index contributed by atoms with van der Waals surface area (Å²) in [6, 6.07) is 17.0. The Morgan fingerprint density at radius 3 is 2.52 bits per heavy atom. The molecular formula is C34H39N3O7. The van der Waals surface area contributed by atoms with Gasteiger partial charge < -0.3 is 24.3 Å². The van der Waals surface area contributed by atoms with Crippen molar-refractivity contribution in [3.05, 3.63) is 67.3 Å². The predicted molar refractivity (Wildman–Crippen MR) is 165 cm³/mol. The van der Waals surface area contributed by atoms with E-state index in [1.165, 1.54) is 4.90 Å². The SMILES string of the molecule is C=C[C@@H]1C[C@]1(NC(=O)[C@@H]1C[C@H](Oc2cc(-c3ccccc3)nc3cc(OC)ccc23)N(C(=O)OC(C)(C)C)C1)C(=O)OCC. The number of nitrogens with one attached hydrogen (secondary N) is 1. The molecule has 2 fully saturated rings. The number of hydrogen-bond acceptors (Lipinski definition) is 8. The van der Waals surface area contributed by atoms with Crippen LogP contribution in [-0.4, -0.2) is 65.5 Å². The average Bonchev–Trinajstić information content (AvgIpc) is 3.55. The standard InChI is InChI=1S/C34H39N3O7/c1-7-23-19-34(23,31(39)42-8-2)36-30(38)22-16-29(37(20-22)32(40)44-33(3,4)5)43-28-18-26(21-12-10-9-11-13-21)35-27-17-24(41-6)14-15-25(27)28/h7,9-15,17-18,22-23,29H,1,8,16,19-20H2,2-6H3,(H,36,38)/t22-,23-,29+,34-/m1/s1. The van der Waals surface area contributed by atoms with E-state index in [0.717, 1.165) is 10.9 Å². The number of hydrogen-bond donors (Lipinski definition) is 1. The molecule has 0 unspecified atom stereocenters. The van der Waals surface area contributed by atoms with E-state index in [0.29, 0.717) is 29.1 Å². The maximum Gasteiger partial charge on any atom is 0.413 e. The molecule has 10 nitrogen and oxygen atoms in total. The first kappa shape index (κ1) is 30.8. The van der Waals surface area contributed by atoms with E-state index in [1.54, 1.807) is 40.9 Å². The minimum atomic E-state index is -1.14. The van der Waals surface area contributed by atoms with E-state index in [2.05, 4.69) is 11.9 Å². The first-order valence-electron chi connectivity index (χ1n) is 14.8. The summed E-state index contributed by atoms with van der Waals surface area (Å²) in [6.45, 7) is 11.1. The fourth-order valence-electron chi connectivity index (χ4n) is 5.50. The van der Waals surface area contributed by atoms with Gasteiger partial charge in [-0.2, -0.15) is 0 Å². The molecular weight excluding hydrogens is 562 g/mol. The molecule has 2 aromatic carbocycles. The van der Waals surface area contributed by atoms with Gasteiger partial charge in [0, 0.05) is 42.0 Å². The number of carbonyl (C=O) groups excluding carboxylic acids is 3. The van der Waals surface area contributed by atoms with E-state index >= 15 is 0 Å². The third-order valence-corrected chi connectivity index (χ3v) is 7.85. The lowest BCUT2D eigenvalue weighted by Gasteiger charge is -2.29. The molecule has 1 aromatic heterocycles. The third kappa shape index (κ3) is 6.34. The van der Waals surface area contributed by atoms with Crippen LogP contribution in [0.3, 0.4) is 0 Å². The normalized spacial score (nSPS) is 22.7. The fraction of sp³-hybridized carbons (Fsp3) is 0.412. The van der Waals surface area contributed by atoms with Gasteiger partial charge in [0.25, 0.3) is 0 Å². The summed E-state index contributed by atoms with van der Waals surface area (Å²) < 4.78 is 23.0. The van der Waals surface area contributed by atoms with Crippen LogP contribution < -0.4 is 14.8 Å². The summed E-state index contributed by atoms with van der Waals surface area (Å²) in [6.07, 6.45) is 0.821. The van der Waals surface area contributed by atoms with E-state index in [1.807, 2.05) is 54.6 Å². The van der Waals surface area contributed by atoms with Crippen molar-refractivity contribution >= 4 is 28.9 Å². The predicted octanol–water partition coefficient (Wildman–Crippen LogP) is 5.50. The second-order valence-corrected chi connectivity index (χ2v) is 12.1. The summed E-state index contributed by atoms with van der Waals surface area (Å²) in [5.41, 5.74) is 0.312. The van der Waals surface area contributed by atoms with E-state index < -0.39 is 35.3 Å². The van der Waals surface area contributed by atoms with Crippen molar-refractivity contribution in [3.63, 3.8) is 0 Å². The Bertz CT molecular complexity index is 1570. The van der Waals surface area contributed by atoms with Gasteiger partial charge in [0.05, 0.1) is 30.8 Å². The number of rotatable bonds is 9. The lowest BCUT2D eigenvalue weighted by atomic mass is 10.1. The Balaban J connectivity index is 1.47. The van der Waals surface area contributed by atoms with Gasteiger partial charge in [0.1, 0.15) is 22.6 Å². The van der Waals surface area contributed by atoms with Gasteiger partial charge in [-0.15, -0.1) is 6.58 Å². The first-order chi connectivity index (χ1) is 21.0. The first-order valence-corrected chi connectivity index (χ1v) is 14.8. The summed E-state index contributed by atoms with van der Waals surface area (Å²) in [5.74, 6) is -0.601. The maximum atomic E-state index is 13.6. The molecule has 232 valence electrons. The molecule has 1 aliphatic carbocycles. The Labute approximate surface area is 257 Å². The lowest BCUT2D eigenvalue weighted by molar-refractivity contribution is -0.149. The Morgan fingerprint density at radius 2 is 1.89 bits per heavy atom. The van der Waals surface area contributed by atoms with Crippen LogP contribution >= 0.6 is 0 Å². The maximum absolute atomic E-state index is 13.6.